The van der Waals surface area contributed by atoms with Gasteiger partial charge in [-0.05, 0) is 31.7 Å². The van der Waals surface area contributed by atoms with E-state index < -0.39 is 11.4 Å². The van der Waals surface area contributed by atoms with Crippen molar-refractivity contribution in [3.8, 4) is 0 Å². The Morgan fingerprint density at radius 2 is 2.18 bits per heavy atom. The summed E-state index contributed by atoms with van der Waals surface area (Å²) in [5, 5.41) is 13.9. The Labute approximate surface area is 130 Å². The highest BCUT2D eigenvalue weighted by molar-refractivity contribution is 7.16. The molecule has 0 atom stereocenters. The van der Waals surface area contributed by atoms with Crippen LogP contribution in [0.25, 0.3) is 10.2 Å². The molecule has 8 heteroatoms. The SMILES string of the molecule is CC(C)(CCNC(=O)Cn1cnc2sccc2c1=O)C(=O)O. The first-order valence-electron chi connectivity index (χ1n) is 6.74. The molecule has 7 nitrogen and oxygen atoms in total. The molecule has 0 saturated heterocycles. The summed E-state index contributed by atoms with van der Waals surface area (Å²) in [6.07, 6.45) is 1.66. The first-order valence-corrected chi connectivity index (χ1v) is 7.62. The molecule has 0 aliphatic rings. The van der Waals surface area contributed by atoms with Gasteiger partial charge in [0.1, 0.15) is 11.4 Å². The van der Waals surface area contributed by atoms with E-state index in [1.807, 2.05) is 0 Å². The molecule has 0 spiro atoms. The summed E-state index contributed by atoms with van der Waals surface area (Å²) in [5.74, 6) is -1.26. The van der Waals surface area contributed by atoms with Gasteiger partial charge in [-0.15, -0.1) is 11.3 Å². The number of nitrogens with zero attached hydrogens (tertiary/aromatic N) is 2. The number of amides is 1. The van der Waals surface area contributed by atoms with Crippen LogP contribution in [0.2, 0.25) is 0 Å². The highest BCUT2D eigenvalue weighted by Gasteiger charge is 2.26. The summed E-state index contributed by atoms with van der Waals surface area (Å²) in [6, 6.07) is 1.68. The van der Waals surface area contributed by atoms with Gasteiger partial charge >= 0.3 is 5.97 Å². The van der Waals surface area contributed by atoms with E-state index in [2.05, 4.69) is 10.3 Å². The molecule has 0 aliphatic carbocycles. The van der Waals surface area contributed by atoms with Gasteiger partial charge in [-0.3, -0.25) is 19.0 Å². The fourth-order valence-corrected chi connectivity index (χ4v) is 2.56. The maximum absolute atomic E-state index is 12.1. The lowest BCUT2D eigenvalue weighted by atomic mass is 9.90. The third-order valence-electron chi connectivity index (χ3n) is 3.42. The zero-order valence-electron chi connectivity index (χ0n) is 12.3. The van der Waals surface area contributed by atoms with Gasteiger partial charge in [0, 0.05) is 6.54 Å². The molecule has 2 aromatic heterocycles. The molecule has 2 N–H and O–H groups in total. The van der Waals surface area contributed by atoms with Crippen LogP contribution < -0.4 is 10.9 Å². The van der Waals surface area contributed by atoms with Crippen LogP contribution in [-0.4, -0.2) is 33.1 Å². The van der Waals surface area contributed by atoms with Crippen LogP contribution in [0, 0.1) is 5.41 Å². The second kappa shape index (κ2) is 6.27. The van der Waals surface area contributed by atoms with Crippen molar-refractivity contribution in [2.45, 2.75) is 26.8 Å². The van der Waals surface area contributed by atoms with Gasteiger partial charge in [-0.25, -0.2) is 4.98 Å². The van der Waals surface area contributed by atoms with Crippen molar-refractivity contribution >= 4 is 33.4 Å². The summed E-state index contributed by atoms with van der Waals surface area (Å²) in [7, 11) is 0. The van der Waals surface area contributed by atoms with E-state index in [1.165, 1.54) is 22.2 Å². The van der Waals surface area contributed by atoms with Crippen LogP contribution in [0.4, 0.5) is 0 Å². The average molecular weight is 323 g/mol. The van der Waals surface area contributed by atoms with Gasteiger partial charge in [0.15, 0.2) is 0 Å². The Morgan fingerprint density at radius 1 is 1.45 bits per heavy atom. The Bertz CT molecular complexity index is 763. The molecule has 22 heavy (non-hydrogen) atoms. The van der Waals surface area contributed by atoms with Crippen LogP contribution >= 0.6 is 11.3 Å². The number of fused-ring (bicyclic) bond motifs is 1. The highest BCUT2D eigenvalue weighted by atomic mass is 32.1. The molecular weight excluding hydrogens is 306 g/mol. The van der Waals surface area contributed by atoms with Crippen molar-refractivity contribution in [1.29, 1.82) is 0 Å². The first kappa shape index (κ1) is 16.2. The molecule has 0 aliphatic heterocycles. The van der Waals surface area contributed by atoms with Crippen molar-refractivity contribution in [1.82, 2.24) is 14.9 Å². The number of hydrogen-bond acceptors (Lipinski definition) is 5. The minimum absolute atomic E-state index is 0.134. The van der Waals surface area contributed by atoms with Gasteiger partial charge in [-0.1, -0.05) is 0 Å². The van der Waals surface area contributed by atoms with E-state index in [1.54, 1.807) is 25.3 Å². The van der Waals surface area contributed by atoms with Crippen molar-refractivity contribution in [2.75, 3.05) is 6.54 Å². The number of carbonyl (C=O) groups is 2. The molecule has 0 bridgehead atoms. The third kappa shape index (κ3) is 3.51. The number of carboxylic acid groups (broad SMARTS) is 1. The van der Waals surface area contributed by atoms with Crippen LogP contribution in [0.3, 0.4) is 0 Å². The smallest absolute Gasteiger partial charge is 0.309 e. The predicted molar refractivity (Wildman–Crippen MR) is 82.9 cm³/mol. The van der Waals surface area contributed by atoms with Gasteiger partial charge in [0.2, 0.25) is 5.91 Å². The summed E-state index contributed by atoms with van der Waals surface area (Å²) in [4.78, 5) is 39.7. The zero-order valence-corrected chi connectivity index (χ0v) is 13.1. The van der Waals surface area contributed by atoms with E-state index in [4.69, 9.17) is 5.11 Å². The van der Waals surface area contributed by atoms with Gasteiger partial charge in [0.05, 0.1) is 17.1 Å². The molecule has 2 aromatic rings. The second-order valence-electron chi connectivity index (χ2n) is 5.61. The van der Waals surface area contributed by atoms with E-state index >= 15 is 0 Å². The number of nitrogens with one attached hydrogen (secondary N) is 1. The minimum atomic E-state index is -0.912. The van der Waals surface area contributed by atoms with Crippen molar-refractivity contribution in [3.05, 3.63) is 28.1 Å². The third-order valence-corrected chi connectivity index (χ3v) is 4.24. The van der Waals surface area contributed by atoms with Crippen molar-refractivity contribution in [3.63, 3.8) is 0 Å². The molecule has 0 aromatic carbocycles. The minimum Gasteiger partial charge on any atom is -0.481 e. The lowest BCUT2D eigenvalue weighted by Crippen LogP contribution is -2.35. The lowest BCUT2D eigenvalue weighted by molar-refractivity contribution is -0.147. The fourth-order valence-electron chi connectivity index (χ4n) is 1.84. The topological polar surface area (TPSA) is 101 Å². The summed E-state index contributed by atoms with van der Waals surface area (Å²) >= 11 is 1.37. The summed E-state index contributed by atoms with van der Waals surface area (Å²) in [5.41, 5.74) is -1.16. The molecule has 2 heterocycles. The van der Waals surface area contributed by atoms with E-state index in [0.29, 0.717) is 16.6 Å². The van der Waals surface area contributed by atoms with Gasteiger partial charge in [-0.2, -0.15) is 0 Å². The molecule has 0 fully saturated rings. The molecule has 118 valence electrons. The molecule has 0 saturated carbocycles. The number of thiophene rings is 1. The Balaban J connectivity index is 1.95. The standard InChI is InChI=1S/C14H17N3O4S/c1-14(2,13(20)21)4-5-15-10(18)7-17-8-16-11-9(12(17)19)3-6-22-11/h3,6,8H,4-5,7H2,1-2H3,(H,15,18)(H,20,21). The van der Waals surface area contributed by atoms with Crippen molar-refractivity contribution in [2.24, 2.45) is 5.41 Å². The Morgan fingerprint density at radius 3 is 2.86 bits per heavy atom. The number of carbonyl (C=O) groups excluding carboxylic acids is 1. The monoisotopic (exact) mass is 323 g/mol. The van der Waals surface area contributed by atoms with Crippen LogP contribution in [0.5, 0.6) is 0 Å². The number of hydrogen-bond donors (Lipinski definition) is 2. The summed E-state index contributed by atoms with van der Waals surface area (Å²) < 4.78 is 1.24. The van der Waals surface area contributed by atoms with E-state index in [9.17, 15) is 14.4 Å². The number of aromatic nitrogens is 2. The van der Waals surface area contributed by atoms with Crippen LogP contribution in [-0.2, 0) is 16.1 Å². The molecule has 0 radical (unpaired) electrons. The normalized spacial score (nSPS) is 11.5. The van der Waals surface area contributed by atoms with Crippen LogP contribution in [0.15, 0.2) is 22.6 Å². The molecule has 1 amide bonds. The molecule has 2 rings (SSSR count). The fraction of sp³-hybridized carbons (Fsp3) is 0.429. The summed E-state index contributed by atoms with van der Waals surface area (Å²) in [6.45, 7) is 3.30. The first-order chi connectivity index (χ1) is 10.3. The van der Waals surface area contributed by atoms with E-state index in [-0.39, 0.29) is 24.6 Å². The maximum Gasteiger partial charge on any atom is 0.309 e. The van der Waals surface area contributed by atoms with E-state index in [0.717, 1.165) is 0 Å². The number of rotatable bonds is 6. The lowest BCUT2D eigenvalue weighted by Gasteiger charge is -2.18. The average Bonchev–Trinajstić information content (AvgIpc) is 2.91. The van der Waals surface area contributed by atoms with Crippen LogP contribution in [0.1, 0.15) is 20.3 Å². The van der Waals surface area contributed by atoms with Gasteiger partial charge in [0.25, 0.3) is 5.56 Å². The number of aliphatic carboxylic acids is 1. The van der Waals surface area contributed by atoms with Crippen molar-refractivity contribution < 1.29 is 14.7 Å². The largest absolute Gasteiger partial charge is 0.481 e. The Kier molecular flexibility index (Phi) is 4.60. The predicted octanol–water partition coefficient (Wildman–Crippen LogP) is 1.08. The quantitative estimate of drug-likeness (QED) is 0.828. The zero-order chi connectivity index (χ0) is 16.3. The highest BCUT2D eigenvalue weighted by Crippen LogP contribution is 2.19. The molecule has 0 unspecified atom stereocenters. The Hall–Kier alpha value is -2.22. The number of carboxylic acids is 1. The second-order valence-corrected chi connectivity index (χ2v) is 6.50. The molecular formula is C14H17N3O4S. The maximum atomic E-state index is 12.1. The van der Waals surface area contributed by atoms with Gasteiger partial charge < -0.3 is 10.4 Å².